The van der Waals surface area contributed by atoms with Crippen molar-refractivity contribution in [1.82, 2.24) is 5.32 Å². The van der Waals surface area contributed by atoms with E-state index in [0.29, 0.717) is 12.0 Å². The largest absolute Gasteiger partial charge is 0.382 e. The average Bonchev–Trinajstić information content (AvgIpc) is 3.11. The Bertz CT molecular complexity index is 626. The summed E-state index contributed by atoms with van der Waals surface area (Å²) >= 11 is 0. The van der Waals surface area contributed by atoms with Crippen molar-refractivity contribution in [3.63, 3.8) is 0 Å². The molecule has 1 atom stereocenters. The maximum Gasteiger partial charge on any atom is 0.265 e. The minimum atomic E-state index is -0.522. The van der Waals surface area contributed by atoms with Crippen LogP contribution in [-0.2, 0) is 15.2 Å². The Morgan fingerprint density at radius 1 is 1.55 bits per heavy atom. The highest BCUT2D eigenvalue weighted by Gasteiger charge is 2.47. The lowest BCUT2D eigenvalue weighted by Gasteiger charge is -2.20. The Kier molecular flexibility index (Phi) is 2.94. The van der Waals surface area contributed by atoms with Crippen molar-refractivity contribution in [3.05, 3.63) is 35.4 Å². The summed E-state index contributed by atoms with van der Waals surface area (Å²) in [6.07, 6.45) is 1.80. The monoisotopic (exact) mass is 269 g/mol. The van der Waals surface area contributed by atoms with Crippen molar-refractivity contribution in [2.24, 2.45) is 5.16 Å². The minimum absolute atomic E-state index is 0.134. The number of hydrogen-bond donors (Lipinski definition) is 1. The van der Waals surface area contributed by atoms with Crippen LogP contribution < -0.4 is 5.32 Å². The van der Waals surface area contributed by atoms with Crippen LogP contribution in [0.3, 0.4) is 0 Å². The molecule has 5 heteroatoms. The molecule has 3 rings (SSSR count). The number of carbonyl (C=O) groups excluding carboxylic acids is 1. The van der Waals surface area contributed by atoms with Crippen LogP contribution in [-0.4, -0.2) is 17.7 Å². The quantitative estimate of drug-likeness (QED) is 0.909. The van der Waals surface area contributed by atoms with E-state index < -0.39 is 6.10 Å². The van der Waals surface area contributed by atoms with Gasteiger partial charge in [-0.3, -0.25) is 4.79 Å². The highest BCUT2D eigenvalue weighted by molar-refractivity contribution is 5.92. The van der Waals surface area contributed by atoms with Gasteiger partial charge in [0.2, 0.25) is 6.10 Å². The maximum absolute atomic E-state index is 12.2. The van der Waals surface area contributed by atoms with E-state index in [0.717, 1.165) is 24.1 Å². The second-order valence-corrected chi connectivity index (χ2v) is 5.39. The lowest BCUT2D eigenvalue weighted by molar-refractivity contribution is -0.132. The molecular formula is C15H15N3O2. The van der Waals surface area contributed by atoms with Crippen LogP contribution in [0.25, 0.3) is 0 Å². The van der Waals surface area contributed by atoms with E-state index >= 15 is 0 Å². The van der Waals surface area contributed by atoms with Crippen LogP contribution >= 0.6 is 0 Å². The van der Waals surface area contributed by atoms with Gasteiger partial charge in [-0.1, -0.05) is 17.3 Å². The lowest BCUT2D eigenvalue weighted by atomic mass is 10.0. The van der Waals surface area contributed by atoms with Gasteiger partial charge in [0.25, 0.3) is 5.91 Å². The van der Waals surface area contributed by atoms with E-state index in [-0.39, 0.29) is 11.4 Å². The summed E-state index contributed by atoms with van der Waals surface area (Å²) in [5.74, 6) is -0.134. The molecule has 2 aliphatic rings. The standard InChI is InChI=1S/C15H15N3O2/c1-10-7-13(20-18-10)14(19)17-15(5-6-15)12-4-2-3-11(8-12)9-16/h2-4,8,13H,5-7H2,1H3,(H,17,19)/t13-/m1/s1. The highest BCUT2D eigenvalue weighted by Crippen LogP contribution is 2.45. The molecule has 0 unspecified atom stereocenters. The zero-order valence-electron chi connectivity index (χ0n) is 11.2. The third kappa shape index (κ3) is 2.25. The molecule has 0 saturated heterocycles. The number of nitrogens with zero attached hydrogens (tertiary/aromatic N) is 2. The molecule has 1 aliphatic heterocycles. The topological polar surface area (TPSA) is 74.5 Å². The number of benzene rings is 1. The molecule has 5 nitrogen and oxygen atoms in total. The van der Waals surface area contributed by atoms with Crippen LogP contribution in [0, 0.1) is 11.3 Å². The van der Waals surface area contributed by atoms with E-state index in [1.807, 2.05) is 25.1 Å². The normalized spacial score (nSPS) is 22.4. The second kappa shape index (κ2) is 4.64. The maximum atomic E-state index is 12.2. The van der Waals surface area contributed by atoms with Crippen LogP contribution in [0.1, 0.15) is 37.3 Å². The first-order valence-electron chi connectivity index (χ1n) is 6.65. The fraction of sp³-hybridized carbons (Fsp3) is 0.400. The Morgan fingerprint density at radius 3 is 2.95 bits per heavy atom. The van der Waals surface area contributed by atoms with Gasteiger partial charge >= 0.3 is 0 Å². The molecule has 1 fully saturated rings. The van der Waals surface area contributed by atoms with Gasteiger partial charge in [-0.15, -0.1) is 0 Å². The zero-order chi connectivity index (χ0) is 14.2. The number of rotatable bonds is 3. The highest BCUT2D eigenvalue weighted by atomic mass is 16.6. The number of oxime groups is 1. The van der Waals surface area contributed by atoms with E-state index in [1.54, 1.807) is 6.07 Å². The first-order chi connectivity index (χ1) is 9.63. The smallest absolute Gasteiger partial charge is 0.265 e. The van der Waals surface area contributed by atoms with Crippen molar-refractivity contribution in [2.45, 2.75) is 37.8 Å². The Morgan fingerprint density at radius 2 is 2.35 bits per heavy atom. The van der Waals surface area contributed by atoms with E-state index in [4.69, 9.17) is 10.1 Å². The molecule has 1 aromatic rings. The predicted octanol–water partition coefficient (Wildman–Crippen LogP) is 1.83. The molecule has 102 valence electrons. The Hall–Kier alpha value is -2.35. The zero-order valence-corrected chi connectivity index (χ0v) is 11.2. The third-order valence-corrected chi connectivity index (χ3v) is 3.77. The molecule has 1 N–H and O–H groups in total. The summed E-state index contributed by atoms with van der Waals surface area (Å²) in [5, 5.41) is 15.8. The molecule has 1 aromatic carbocycles. The van der Waals surface area contributed by atoms with Gasteiger partial charge in [0, 0.05) is 6.42 Å². The molecule has 1 aliphatic carbocycles. The van der Waals surface area contributed by atoms with Gasteiger partial charge in [0.1, 0.15) is 0 Å². The van der Waals surface area contributed by atoms with Crippen LogP contribution in [0.5, 0.6) is 0 Å². The molecule has 1 saturated carbocycles. The Balaban J connectivity index is 1.73. The summed E-state index contributed by atoms with van der Waals surface area (Å²) in [7, 11) is 0. The predicted molar refractivity (Wildman–Crippen MR) is 72.8 cm³/mol. The number of hydrogen-bond acceptors (Lipinski definition) is 4. The van der Waals surface area contributed by atoms with Crippen molar-refractivity contribution < 1.29 is 9.63 Å². The van der Waals surface area contributed by atoms with Gasteiger partial charge in [0.15, 0.2) is 0 Å². The van der Waals surface area contributed by atoms with Gasteiger partial charge in [0.05, 0.1) is 22.9 Å². The van der Waals surface area contributed by atoms with E-state index in [1.165, 1.54) is 0 Å². The van der Waals surface area contributed by atoms with Gasteiger partial charge in [-0.05, 0) is 37.5 Å². The summed E-state index contributed by atoms with van der Waals surface area (Å²) < 4.78 is 0. The third-order valence-electron chi connectivity index (χ3n) is 3.77. The summed E-state index contributed by atoms with van der Waals surface area (Å²) in [6.45, 7) is 1.84. The summed E-state index contributed by atoms with van der Waals surface area (Å²) in [4.78, 5) is 17.3. The molecule has 20 heavy (non-hydrogen) atoms. The van der Waals surface area contributed by atoms with Crippen LogP contribution in [0.4, 0.5) is 0 Å². The average molecular weight is 269 g/mol. The molecular weight excluding hydrogens is 254 g/mol. The first-order valence-corrected chi connectivity index (χ1v) is 6.65. The van der Waals surface area contributed by atoms with E-state index in [9.17, 15) is 4.79 Å². The van der Waals surface area contributed by atoms with Crippen molar-refractivity contribution >= 4 is 11.6 Å². The number of carbonyl (C=O) groups is 1. The number of nitrogens with one attached hydrogen (secondary N) is 1. The van der Waals surface area contributed by atoms with Gasteiger partial charge in [-0.25, -0.2) is 0 Å². The lowest BCUT2D eigenvalue weighted by Crippen LogP contribution is -2.41. The van der Waals surface area contributed by atoms with Crippen molar-refractivity contribution in [3.8, 4) is 6.07 Å². The van der Waals surface area contributed by atoms with E-state index in [2.05, 4.69) is 16.5 Å². The molecule has 0 bridgehead atoms. The molecule has 0 radical (unpaired) electrons. The SMILES string of the molecule is CC1=NO[C@@H](C(=O)NC2(c3cccc(C#N)c3)CC2)C1. The first kappa shape index (κ1) is 12.7. The Labute approximate surface area is 117 Å². The second-order valence-electron chi connectivity index (χ2n) is 5.39. The summed E-state index contributed by atoms with van der Waals surface area (Å²) in [6, 6.07) is 9.52. The van der Waals surface area contributed by atoms with Gasteiger partial charge < -0.3 is 10.2 Å². The minimum Gasteiger partial charge on any atom is -0.382 e. The molecule has 1 amide bonds. The molecule has 0 aromatic heterocycles. The number of nitriles is 1. The van der Waals surface area contributed by atoms with Gasteiger partial charge in [-0.2, -0.15) is 5.26 Å². The van der Waals surface area contributed by atoms with Crippen molar-refractivity contribution in [1.29, 1.82) is 5.26 Å². The fourth-order valence-electron chi connectivity index (χ4n) is 2.45. The number of amides is 1. The van der Waals surface area contributed by atoms with Crippen LogP contribution in [0.15, 0.2) is 29.4 Å². The molecule has 1 heterocycles. The summed E-state index contributed by atoms with van der Waals surface area (Å²) in [5.41, 5.74) is 2.10. The fourth-order valence-corrected chi connectivity index (χ4v) is 2.45. The molecule has 0 spiro atoms. The van der Waals surface area contributed by atoms with Crippen molar-refractivity contribution in [2.75, 3.05) is 0 Å². The van der Waals surface area contributed by atoms with Crippen LogP contribution in [0.2, 0.25) is 0 Å².